The van der Waals surface area contributed by atoms with Gasteiger partial charge in [-0.25, -0.2) is 0 Å². The van der Waals surface area contributed by atoms with E-state index in [0.29, 0.717) is 29.6 Å². The predicted molar refractivity (Wildman–Crippen MR) is 102 cm³/mol. The summed E-state index contributed by atoms with van der Waals surface area (Å²) in [6, 6.07) is 7.47. The van der Waals surface area contributed by atoms with Crippen molar-refractivity contribution in [3.8, 4) is 23.0 Å². The van der Waals surface area contributed by atoms with Gasteiger partial charge in [0.25, 0.3) is 0 Å². The highest BCUT2D eigenvalue weighted by Gasteiger charge is 2.23. The molecule has 1 aliphatic heterocycles. The zero-order valence-corrected chi connectivity index (χ0v) is 16.1. The Morgan fingerprint density at radius 3 is 2.56 bits per heavy atom. The molecular weight excluding hydrogens is 346 g/mol. The molecule has 0 aliphatic carbocycles. The van der Waals surface area contributed by atoms with Crippen molar-refractivity contribution in [2.45, 2.75) is 38.4 Å². The largest absolute Gasteiger partial charge is 0.493 e. The molecule has 2 aromatic rings. The molecule has 0 radical (unpaired) electrons. The third kappa shape index (κ3) is 4.70. The number of pyridine rings is 1. The maximum atomic E-state index is 6.32. The van der Waals surface area contributed by atoms with Crippen molar-refractivity contribution in [1.82, 2.24) is 4.98 Å². The van der Waals surface area contributed by atoms with Gasteiger partial charge in [0.05, 0.1) is 39.2 Å². The van der Waals surface area contributed by atoms with Gasteiger partial charge in [-0.1, -0.05) is 13.0 Å². The fourth-order valence-corrected chi connectivity index (χ4v) is 3.21. The smallest absolute Gasteiger partial charge is 0.211 e. The van der Waals surface area contributed by atoms with Gasteiger partial charge >= 0.3 is 0 Å². The highest BCUT2D eigenvalue weighted by molar-refractivity contribution is 5.53. The summed E-state index contributed by atoms with van der Waals surface area (Å²) in [6.45, 7) is 3.55. The van der Waals surface area contributed by atoms with Crippen LogP contribution in [0.5, 0.6) is 23.0 Å². The number of para-hydroxylation sites is 1. The first-order chi connectivity index (χ1) is 13.3. The van der Waals surface area contributed by atoms with Crippen molar-refractivity contribution in [1.29, 1.82) is 0 Å². The molecule has 6 heteroatoms. The quantitative estimate of drug-likeness (QED) is 0.677. The number of nitrogens with zero attached hydrogens (tertiary/aromatic N) is 1. The topological polar surface area (TPSA) is 59.0 Å². The molecule has 2 heterocycles. The van der Waals surface area contributed by atoms with Crippen LogP contribution in [0.15, 0.2) is 36.7 Å². The van der Waals surface area contributed by atoms with Gasteiger partial charge in [-0.15, -0.1) is 0 Å². The van der Waals surface area contributed by atoms with Crippen molar-refractivity contribution in [2.75, 3.05) is 27.4 Å². The molecule has 0 N–H and O–H groups in total. The molecule has 1 aromatic carbocycles. The van der Waals surface area contributed by atoms with Gasteiger partial charge in [0.15, 0.2) is 17.2 Å². The molecule has 0 spiro atoms. The van der Waals surface area contributed by atoms with E-state index in [1.54, 1.807) is 26.6 Å². The first kappa shape index (κ1) is 19.5. The number of rotatable bonds is 8. The standard InChI is InChI=1S/C21H27NO5/c1-4-17(26-15-7-6-12-25-14-15)16-10-11-22-13-20(16)27-21-18(23-2)8-5-9-19(21)24-3/h5,8-11,13,15,17H,4,6-7,12,14H2,1-3H3. The normalized spacial score (nSPS) is 18.0. The summed E-state index contributed by atoms with van der Waals surface area (Å²) in [5.74, 6) is 2.34. The third-order valence-corrected chi connectivity index (χ3v) is 4.60. The molecule has 2 unspecified atom stereocenters. The lowest BCUT2D eigenvalue weighted by Gasteiger charge is -2.28. The lowest BCUT2D eigenvalue weighted by atomic mass is 10.1. The summed E-state index contributed by atoms with van der Waals surface area (Å²) in [6.07, 6.45) is 6.31. The summed E-state index contributed by atoms with van der Waals surface area (Å²) < 4.78 is 28.9. The Balaban J connectivity index is 1.87. The Kier molecular flexibility index (Phi) is 6.90. The summed E-state index contributed by atoms with van der Waals surface area (Å²) in [7, 11) is 3.21. The minimum absolute atomic E-state index is 0.101. The molecule has 6 nitrogen and oxygen atoms in total. The van der Waals surface area contributed by atoms with Gasteiger partial charge in [0.2, 0.25) is 5.75 Å². The summed E-state index contributed by atoms with van der Waals surface area (Å²) in [5, 5.41) is 0. The second kappa shape index (κ2) is 9.58. The van der Waals surface area contributed by atoms with Gasteiger partial charge in [-0.3, -0.25) is 4.98 Å². The van der Waals surface area contributed by atoms with Crippen molar-refractivity contribution < 1.29 is 23.7 Å². The molecule has 0 bridgehead atoms. The molecule has 1 fully saturated rings. The van der Waals surface area contributed by atoms with E-state index < -0.39 is 0 Å². The van der Waals surface area contributed by atoms with E-state index in [9.17, 15) is 0 Å². The van der Waals surface area contributed by atoms with Crippen LogP contribution >= 0.6 is 0 Å². The average Bonchev–Trinajstić information content (AvgIpc) is 2.73. The molecule has 2 atom stereocenters. The zero-order valence-electron chi connectivity index (χ0n) is 16.1. The van der Waals surface area contributed by atoms with Gasteiger partial charge in [0, 0.05) is 18.4 Å². The van der Waals surface area contributed by atoms with E-state index in [1.165, 1.54) is 0 Å². The predicted octanol–water partition coefficient (Wildman–Crippen LogP) is 4.54. The van der Waals surface area contributed by atoms with E-state index in [-0.39, 0.29) is 12.2 Å². The van der Waals surface area contributed by atoms with Crippen LogP contribution in [-0.2, 0) is 9.47 Å². The second-order valence-corrected chi connectivity index (χ2v) is 6.38. The number of hydrogen-bond acceptors (Lipinski definition) is 6. The van der Waals surface area contributed by atoms with Crippen LogP contribution in [0, 0.1) is 0 Å². The first-order valence-electron chi connectivity index (χ1n) is 9.32. The lowest BCUT2D eigenvalue weighted by molar-refractivity contribution is -0.0865. The van der Waals surface area contributed by atoms with Crippen LogP contribution < -0.4 is 14.2 Å². The Bertz CT molecular complexity index is 708. The monoisotopic (exact) mass is 373 g/mol. The van der Waals surface area contributed by atoms with Gasteiger partial charge in [0.1, 0.15) is 0 Å². The van der Waals surface area contributed by atoms with Crippen LogP contribution in [0.1, 0.15) is 37.9 Å². The average molecular weight is 373 g/mol. The molecule has 1 aromatic heterocycles. The fourth-order valence-electron chi connectivity index (χ4n) is 3.21. The molecule has 0 amide bonds. The number of methoxy groups -OCH3 is 2. The van der Waals surface area contributed by atoms with E-state index in [2.05, 4.69) is 11.9 Å². The SMILES string of the molecule is CCC(OC1CCCOC1)c1ccncc1Oc1c(OC)cccc1OC. The minimum atomic E-state index is -0.101. The first-order valence-corrected chi connectivity index (χ1v) is 9.32. The van der Waals surface area contributed by atoms with Crippen LogP contribution in [0.2, 0.25) is 0 Å². The second-order valence-electron chi connectivity index (χ2n) is 6.38. The maximum absolute atomic E-state index is 6.32. The van der Waals surface area contributed by atoms with Crippen molar-refractivity contribution in [3.05, 3.63) is 42.2 Å². The van der Waals surface area contributed by atoms with E-state index >= 15 is 0 Å². The van der Waals surface area contributed by atoms with Crippen LogP contribution in [0.4, 0.5) is 0 Å². The van der Waals surface area contributed by atoms with Crippen LogP contribution in [-0.4, -0.2) is 38.5 Å². The van der Waals surface area contributed by atoms with Crippen molar-refractivity contribution in [2.24, 2.45) is 0 Å². The molecule has 0 saturated carbocycles. The number of benzene rings is 1. The third-order valence-electron chi connectivity index (χ3n) is 4.60. The molecule has 1 aliphatic rings. The number of ether oxygens (including phenoxy) is 5. The van der Waals surface area contributed by atoms with Gasteiger partial charge < -0.3 is 23.7 Å². The van der Waals surface area contributed by atoms with Gasteiger partial charge in [-0.2, -0.15) is 0 Å². The Labute approximate surface area is 160 Å². The van der Waals surface area contributed by atoms with Crippen molar-refractivity contribution >= 4 is 0 Å². The minimum Gasteiger partial charge on any atom is -0.493 e. The number of aromatic nitrogens is 1. The molecule has 1 saturated heterocycles. The zero-order chi connectivity index (χ0) is 19.1. The molecule has 146 valence electrons. The van der Waals surface area contributed by atoms with Crippen molar-refractivity contribution in [3.63, 3.8) is 0 Å². The summed E-state index contributed by atoms with van der Waals surface area (Å²) >= 11 is 0. The van der Waals surface area contributed by atoms with E-state index in [4.69, 9.17) is 23.7 Å². The highest BCUT2D eigenvalue weighted by atomic mass is 16.6. The summed E-state index contributed by atoms with van der Waals surface area (Å²) in [5.41, 5.74) is 0.950. The Hall–Kier alpha value is -2.31. The fraction of sp³-hybridized carbons (Fsp3) is 0.476. The summed E-state index contributed by atoms with van der Waals surface area (Å²) in [4.78, 5) is 4.23. The maximum Gasteiger partial charge on any atom is 0.211 e. The van der Waals surface area contributed by atoms with E-state index in [1.807, 2.05) is 24.3 Å². The Morgan fingerprint density at radius 1 is 1.15 bits per heavy atom. The van der Waals surface area contributed by atoms with Gasteiger partial charge in [-0.05, 0) is 37.5 Å². The molecule has 27 heavy (non-hydrogen) atoms. The molecule has 3 rings (SSSR count). The highest BCUT2D eigenvalue weighted by Crippen LogP contribution is 2.42. The van der Waals surface area contributed by atoms with E-state index in [0.717, 1.165) is 31.4 Å². The Morgan fingerprint density at radius 2 is 1.93 bits per heavy atom. The van der Waals surface area contributed by atoms with Crippen LogP contribution in [0.25, 0.3) is 0 Å². The van der Waals surface area contributed by atoms with Crippen LogP contribution in [0.3, 0.4) is 0 Å². The lowest BCUT2D eigenvalue weighted by Crippen LogP contribution is -2.27. The molecular formula is C21H27NO5. The number of hydrogen-bond donors (Lipinski definition) is 0.